The number of rotatable bonds is 5. The molecule has 3 rings (SSSR count). The molecular weight excluding hydrogens is 392 g/mol. The Bertz CT molecular complexity index is 894. The van der Waals surface area contributed by atoms with Crippen LogP contribution in [0.4, 0.5) is 5.69 Å². The molecule has 1 heterocycles. The van der Waals surface area contributed by atoms with Crippen molar-refractivity contribution in [3.63, 3.8) is 0 Å². The van der Waals surface area contributed by atoms with Crippen LogP contribution in [-0.2, 0) is 30.1 Å². The number of fused-ring (bicyclic) bond motifs is 1. The summed E-state index contributed by atoms with van der Waals surface area (Å²) in [4.78, 5) is 0. The van der Waals surface area contributed by atoms with E-state index in [-0.39, 0.29) is 5.41 Å². The third-order valence-electron chi connectivity index (χ3n) is 5.28. The summed E-state index contributed by atoms with van der Waals surface area (Å²) in [7, 11) is -2.53. The Balaban J connectivity index is 1.78. The number of anilines is 1. The molecule has 0 saturated carbocycles. The number of halogens is 1. The zero-order valence-corrected chi connectivity index (χ0v) is 18.4. The average Bonchev–Trinajstić information content (AvgIpc) is 2.86. The highest BCUT2D eigenvalue weighted by atomic mass is 35.5. The van der Waals surface area contributed by atoms with Crippen molar-refractivity contribution in [3.05, 3.63) is 63.7 Å². The molecular formula is C22H29ClN2O2S. The minimum absolute atomic E-state index is 0.335. The van der Waals surface area contributed by atoms with Gasteiger partial charge >= 0.3 is 0 Å². The highest BCUT2D eigenvalue weighted by Crippen LogP contribution is 2.36. The third-order valence-corrected chi connectivity index (χ3v) is 7.09. The first-order valence-electron chi connectivity index (χ1n) is 9.74. The van der Waals surface area contributed by atoms with Gasteiger partial charge in [-0.15, -0.1) is 0 Å². The van der Waals surface area contributed by atoms with Gasteiger partial charge in [0.25, 0.3) is 0 Å². The van der Waals surface area contributed by atoms with E-state index < -0.39 is 16.0 Å². The van der Waals surface area contributed by atoms with E-state index in [0.29, 0.717) is 6.54 Å². The number of hydrogen-bond donors (Lipinski definition) is 3. The molecule has 2 aromatic carbocycles. The van der Waals surface area contributed by atoms with Crippen LogP contribution in [0.5, 0.6) is 0 Å². The molecule has 4 nitrogen and oxygen atoms in total. The Morgan fingerprint density at radius 2 is 1.75 bits per heavy atom. The first-order chi connectivity index (χ1) is 13.3. The van der Waals surface area contributed by atoms with Gasteiger partial charge in [0, 0.05) is 6.54 Å². The summed E-state index contributed by atoms with van der Waals surface area (Å²) in [6.07, 6.45) is 1.97. The van der Waals surface area contributed by atoms with E-state index >= 15 is 0 Å². The van der Waals surface area contributed by atoms with Crippen LogP contribution in [0.3, 0.4) is 0 Å². The molecule has 1 atom stereocenters. The molecule has 0 bridgehead atoms. The summed E-state index contributed by atoms with van der Waals surface area (Å²) in [5.41, 5.74) is 5.26. The maximum atomic E-state index is 11.7. The van der Waals surface area contributed by atoms with E-state index in [9.17, 15) is 8.42 Å². The van der Waals surface area contributed by atoms with Crippen LogP contribution in [0.25, 0.3) is 0 Å². The summed E-state index contributed by atoms with van der Waals surface area (Å²) < 4.78 is 23.5. The fourth-order valence-electron chi connectivity index (χ4n) is 3.88. The van der Waals surface area contributed by atoms with Crippen LogP contribution in [0.1, 0.15) is 48.3 Å². The van der Waals surface area contributed by atoms with Gasteiger partial charge in [-0.05, 0) is 59.7 Å². The minimum Gasteiger partial charge on any atom is -0.380 e. The topological polar surface area (TPSA) is 58.2 Å². The molecule has 6 heteroatoms. The van der Waals surface area contributed by atoms with Gasteiger partial charge in [0.05, 0.1) is 16.0 Å². The lowest BCUT2D eigenvalue weighted by Gasteiger charge is -2.26. The molecule has 0 spiro atoms. The molecule has 0 radical (unpaired) electrons. The maximum absolute atomic E-state index is 11.7. The monoisotopic (exact) mass is 420 g/mol. The molecule has 2 N–H and O–H groups in total. The second kappa shape index (κ2) is 8.85. The fraction of sp³-hybridized carbons (Fsp3) is 0.455. The normalized spacial score (nSPS) is 15.8. The first-order valence-corrected chi connectivity index (χ1v) is 11.4. The van der Waals surface area contributed by atoms with E-state index in [1.165, 1.54) is 11.1 Å². The van der Waals surface area contributed by atoms with Gasteiger partial charge in [-0.3, -0.25) is 0 Å². The molecule has 1 aliphatic rings. The van der Waals surface area contributed by atoms with Crippen molar-refractivity contribution in [1.82, 2.24) is 5.32 Å². The lowest BCUT2D eigenvalue weighted by molar-refractivity contribution is 0.388. The predicted molar refractivity (Wildman–Crippen MR) is 118 cm³/mol. The van der Waals surface area contributed by atoms with Crippen LogP contribution in [-0.4, -0.2) is 21.5 Å². The van der Waals surface area contributed by atoms with Gasteiger partial charge in [-0.25, -0.2) is 8.42 Å². The zero-order valence-electron chi connectivity index (χ0n) is 16.7. The van der Waals surface area contributed by atoms with Crippen molar-refractivity contribution in [2.75, 3.05) is 18.4 Å². The number of hydrogen-bond acceptors (Lipinski definition) is 4. The van der Waals surface area contributed by atoms with Gasteiger partial charge in [-0.1, -0.05) is 62.7 Å². The first kappa shape index (κ1) is 21.2. The number of thiol groups is 1. The summed E-state index contributed by atoms with van der Waals surface area (Å²) in [5.74, 6) is 0. The van der Waals surface area contributed by atoms with Crippen LogP contribution in [0.15, 0.2) is 36.4 Å². The van der Waals surface area contributed by atoms with E-state index in [1.807, 2.05) is 51.1 Å². The molecule has 0 fully saturated rings. The quantitative estimate of drug-likeness (QED) is 0.630. The molecule has 0 aliphatic carbocycles. The molecule has 0 saturated heterocycles. The van der Waals surface area contributed by atoms with Crippen LogP contribution in [0, 0.1) is 5.41 Å². The standard InChI is InChI=1S/C22H29ClN2O2S/c1-22(2,3)21(28(26)27)17-6-4-15(5-7-17)14-25-20-18-11-13-24-12-10-16(18)8-9-19(20)23/h4-9,21,24-25,28H,10-14H2,1-3H3. The van der Waals surface area contributed by atoms with E-state index in [0.717, 1.165) is 47.8 Å². The lowest BCUT2D eigenvalue weighted by atomic mass is 9.87. The van der Waals surface area contributed by atoms with Gasteiger partial charge in [0.2, 0.25) is 0 Å². The Kier molecular flexibility index (Phi) is 6.69. The maximum Gasteiger partial charge on any atom is 0.147 e. The van der Waals surface area contributed by atoms with Crippen LogP contribution in [0.2, 0.25) is 5.02 Å². The molecule has 1 aliphatic heterocycles. The average molecular weight is 421 g/mol. The summed E-state index contributed by atoms with van der Waals surface area (Å²) in [5, 5.41) is 7.19. The third kappa shape index (κ3) is 4.88. The van der Waals surface area contributed by atoms with E-state index in [4.69, 9.17) is 11.6 Å². The highest BCUT2D eigenvalue weighted by Gasteiger charge is 2.29. The van der Waals surface area contributed by atoms with Crippen molar-refractivity contribution in [1.29, 1.82) is 0 Å². The molecule has 0 aromatic heterocycles. The highest BCUT2D eigenvalue weighted by molar-refractivity contribution is 7.72. The van der Waals surface area contributed by atoms with Crippen molar-refractivity contribution in [3.8, 4) is 0 Å². The molecule has 1 unspecified atom stereocenters. The largest absolute Gasteiger partial charge is 0.380 e. The van der Waals surface area contributed by atoms with Gasteiger partial charge in [0.15, 0.2) is 0 Å². The SMILES string of the molecule is CC(C)(C)C(c1ccc(CNc2c(Cl)ccc3c2CCNCC3)cc1)[SH](=O)=O. The Labute approximate surface area is 174 Å². The van der Waals surface area contributed by atoms with Crippen LogP contribution < -0.4 is 10.6 Å². The Morgan fingerprint density at radius 1 is 1.07 bits per heavy atom. The predicted octanol–water partition coefficient (Wildman–Crippen LogP) is 4.34. The second-order valence-electron chi connectivity index (χ2n) is 8.46. The minimum atomic E-state index is -2.53. The van der Waals surface area contributed by atoms with Gasteiger partial charge in [0.1, 0.15) is 10.7 Å². The smallest absolute Gasteiger partial charge is 0.147 e. The number of nitrogens with one attached hydrogen (secondary N) is 2. The molecule has 28 heavy (non-hydrogen) atoms. The van der Waals surface area contributed by atoms with Gasteiger partial charge < -0.3 is 10.6 Å². The van der Waals surface area contributed by atoms with Gasteiger partial charge in [-0.2, -0.15) is 0 Å². The second-order valence-corrected chi connectivity index (χ2v) is 9.95. The summed E-state index contributed by atoms with van der Waals surface area (Å²) >= 11 is 6.48. The van der Waals surface area contributed by atoms with Crippen molar-refractivity contribution in [2.45, 2.75) is 45.4 Å². The zero-order chi connectivity index (χ0) is 20.3. The fourth-order valence-corrected chi connectivity index (χ4v) is 5.17. The molecule has 0 amide bonds. The molecule has 152 valence electrons. The van der Waals surface area contributed by atoms with Crippen molar-refractivity contribution >= 4 is 28.0 Å². The van der Waals surface area contributed by atoms with E-state index in [2.05, 4.69) is 16.7 Å². The molecule has 2 aromatic rings. The lowest BCUT2D eigenvalue weighted by Crippen LogP contribution is -2.19. The Hall–Kier alpha value is -1.56. The number of benzene rings is 2. The summed E-state index contributed by atoms with van der Waals surface area (Å²) in [6, 6.07) is 11.9. The Morgan fingerprint density at radius 3 is 2.39 bits per heavy atom. The van der Waals surface area contributed by atoms with Crippen molar-refractivity contribution < 1.29 is 8.42 Å². The van der Waals surface area contributed by atoms with Crippen molar-refractivity contribution in [2.24, 2.45) is 5.41 Å². The van der Waals surface area contributed by atoms with Crippen LogP contribution >= 0.6 is 11.6 Å². The van der Waals surface area contributed by atoms with E-state index in [1.54, 1.807) is 0 Å². The summed E-state index contributed by atoms with van der Waals surface area (Å²) in [6.45, 7) is 8.46.